The Hall–Kier alpha value is -0.420. The van der Waals surface area contributed by atoms with Crippen LogP contribution >= 0.6 is 55.1 Å². The van der Waals surface area contributed by atoms with Gasteiger partial charge in [-0.1, -0.05) is 61.1 Å². The molecule has 0 aromatic heterocycles. The minimum absolute atomic E-state index is 0.173. The lowest BCUT2D eigenvalue weighted by atomic mass is 10.0. The van der Waals surface area contributed by atoms with Crippen molar-refractivity contribution in [1.82, 2.24) is 0 Å². The Morgan fingerprint density at radius 3 is 2.05 bits per heavy atom. The van der Waals surface area contributed by atoms with Crippen LogP contribution in [-0.4, -0.2) is 14.2 Å². The monoisotopic (exact) mass is 452 g/mol. The number of rotatable bonds is 4. The minimum Gasteiger partial charge on any atom is -0.493 e. The fourth-order valence-electron chi connectivity index (χ4n) is 1.97. The van der Waals surface area contributed by atoms with E-state index in [4.69, 9.17) is 32.7 Å². The predicted molar refractivity (Wildman–Crippen MR) is 94.5 cm³/mol. The quantitative estimate of drug-likeness (QED) is 0.508. The molecule has 112 valence electrons. The summed E-state index contributed by atoms with van der Waals surface area (Å²) in [6, 6.07) is 9.18. The highest BCUT2D eigenvalue weighted by molar-refractivity contribution is 9.11. The summed E-state index contributed by atoms with van der Waals surface area (Å²) in [5, 5.41) is 1.21. The first-order chi connectivity index (χ1) is 9.99. The Morgan fingerprint density at radius 1 is 1.00 bits per heavy atom. The lowest BCUT2D eigenvalue weighted by molar-refractivity contribution is 0.354. The normalized spacial score (nSPS) is 12.1. The summed E-state index contributed by atoms with van der Waals surface area (Å²) in [5.74, 6) is 1.29. The maximum absolute atomic E-state index is 6.27. The Bertz CT molecular complexity index is 642. The van der Waals surface area contributed by atoms with Crippen LogP contribution < -0.4 is 9.47 Å². The lowest BCUT2D eigenvalue weighted by Crippen LogP contribution is -1.99. The largest absolute Gasteiger partial charge is 0.493 e. The Balaban J connectivity index is 2.56. The van der Waals surface area contributed by atoms with Crippen molar-refractivity contribution in [3.05, 3.63) is 56.0 Å². The first-order valence-corrected chi connectivity index (χ1v) is 8.45. The van der Waals surface area contributed by atoms with Crippen LogP contribution in [0.3, 0.4) is 0 Å². The molecule has 0 N–H and O–H groups in total. The van der Waals surface area contributed by atoms with Crippen LogP contribution in [0, 0.1) is 0 Å². The maximum Gasteiger partial charge on any atom is 0.161 e. The van der Waals surface area contributed by atoms with E-state index in [1.54, 1.807) is 14.2 Å². The molecule has 0 radical (unpaired) electrons. The van der Waals surface area contributed by atoms with E-state index >= 15 is 0 Å². The van der Waals surface area contributed by atoms with E-state index in [2.05, 4.69) is 31.9 Å². The molecule has 1 atom stereocenters. The SMILES string of the molecule is COc1cc(Br)c(C(Br)c2c(Cl)cccc2Cl)cc1OC. The van der Waals surface area contributed by atoms with Crippen molar-refractivity contribution >= 4 is 55.1 Å². The molecule has 0 aliphatic rings. The van der Waals surface area contributed by atoms with Crippen molar-refractivity contribution < 1.29 is 9.47 Å². The zero-order valence-corrected chi connectivity index (χ0v) is 16.0. The van der Waals surface area contributed by atoms with Crippen molar-refractivity contribution in [2.24, 2.45) is 0 Å². The smallest absolute Gasteiger partial charge is 0.161 e. The van der Waals surface area contributed by atoms with Crippen LogP contribution in [0.5, 0.6) is 11.5 Å². The molecule has 0 heterocycles. The van der Waals surface area contributed by atoms with E-state index in [-0.39, 0.29) is 4.83 Å². The molecule has 2 nitrogen and oxygen atoms in total. The third-order valence-electron chi connectivity index (χ3n) is 3.03. The number of halogens is 4. The molecular weight excluding hydrogens is 443 g/mol. The van der Waals surface area contributed by atoms with Crippen molar-refractivity contribution in [3.8, 4) is 11.5 Å². The molecule has 2 rings (SSSR count). The first-order valence-electron chi connectivity index (χ1n) is 5.99. The number of ether oxygens (including phenoxy) is 2. The Kier molecular flexibility index (Phi) is 5.83. The van der Waals surface area contributed by atoms with Gasteiger partial charge in [0, 0.05) is 20.1 Å². The van der Waals surface area contributed by atoms with E-state index in [9.17, 15) is 0 Å². The molecular formula is C15H12Br2Cl2O2. The second kappa shape index (κ2) is 7.23. The van der Waals surface area contributed by atoms with Crippen molar-refractivity contribution in [2.45, 2.75) is 4.83 Å². The highest BCUT2D eigenvalue weighted by Crippen LogP contribution is 2.45. The average molecular weight is 455 g/mol. The van der Waals surface area contributed by atoms with Crippen molar-refractivity contribution in [3.63, 3.8) is 0 Å². The summed E-state index contributed by atoms with van der Waals surface area (Å²) < 4.78 is 11.5. The second-order valence-electron chi connectivity index (χ2n) is 4.23. The van der Waals surface area contributed by atoms with Gasteiger partial charge in [-0.25, -0.2) is 0 Å². The van der Waals surface area contributed by atoms with E-state index in [1.165, 1.54) is 0 Å². The number of benzene rings is 2. The summed E-state index contributed by atoms with van der Waals surface area (Å²) in [4.78, 5) is -0.173. The topological polar surface area (TPSA) is 18.5 Å². The van der Waals surface area contributed by atoms with Crippen LogP contribution in [-0.2, 0) is 0 Å². The number of alkyl halides is 1. The van der Waals surface area contributed by atoms with Gasteiger partial charge in [-0.05, 0) is 29.8 Å². The molecule has 0 saturated heterocycles. The fraction of sp³-hybridized carbons (Fsp3) is 0.200. The fourth-order valence-corrected chi connectivity index (χ4v) is 4.58. The summed E-state index contributed by atoms with van der Waals surface area (Å²) in [5.41, 5.74) is 1.76. The van der Waals surface area contributed by atoms with Gasteiger partial charge in [-0.2, -0.15) is 0 Å². The molecule has 0 saturated carbocycles. The van der Waals surface area contributed by atoms with E-state index in [0.29, 0.717) is 21.5 Å². The molecule has 21 heavy (non-hydrogen) atoms. The summed E-state index contributed by atoms with van der Waals surface area (Å²) in [6.45, 7) is 0. The molecule has 0 amide bonds. The average Bonchev–Trinajstić information content (AvgIpc) is 2.46. The maximum atomic E-state index is 6.27. The van der Waals surface area contributed by atoms with E-state index in [0.717, 1.165) is 15.6 Å². The first kappa shape index (κ1) is 16.9. The van der Waals surface area contributed by atoms with Gasteiger partial charge < -0.3 is 9.47 Å². The summed E-state index contributed by atoms with van der Waals surface area (Å²) >= 11 is 19.8. The summed E-state index contributed by atoms with van der Waals surface area (Å²) in [6.07, 6.45) is 0. The van der Waals surface area contributed by atoms with E-state index < -0.39 is 0 Å². The highest BCUT2D eigenvalue weighted by Gasteiger charge is 2.21. The van der Waals surface area contributed by atoms with Crippen LogP contribution in [0.2, 0.25) is 10.0 Å². The Labute approximate surface area is 150 Å². The molecule has 6 heteroatoms. The molecule has 2 aromatic rings. The van der Waals surface area contributed by atoms with Crippen LogP contribution in [0.1, 0.15) is 16.0 Å². The van der Waals surface area contributed by atoms with Crippen molar-refractivity contribution in [1.29, 1.82) is 0 Å². The zero-order valence-electron chi connectivity index (χ0n) is 11.3. The molecule has 0 bridgehead atoms. The number of hydrogen-bond acceptors (Lipinski definition) is 2. The van der Waals surface area contributed by atoms with Gasteiger partial charge >= 0.3 is 0 Å². The highest BCUT2D eigenvalue weighted by atomic mass is 79.9. The van der Waals surface area contributed by atoms with Gasteiger partial charge in [0.2, 0.25) is 0 Å². The third kappa shape index (κ3) is 3.50. The molecule has 0 fully saturated rings. The molecule has 0 aliphatic heterocycles. The molecule has 2 aromatic carbocycles. The van der Waals surface area contributed by atoms with Gasteiger partial charge in [0.1, 0.15) is 0 Å². The van der Waals surface area contributed by atoms with Gasteiger partial charge in [0.25, 0.3) is 0 Å². The number of methoxy groups -OCH3 is 2. The van der Waals surface area contributed by atoms with Crippen LogP contribution in [0.25, 0.3) is 0 Å². The molecule has 0 spiro atoms. The van der Waals surface area contributed by atoms with Gasteiger partial charge in [-0.15, -0.1) is 0 Å². The third-order valence-corrected chi connectivity index (χ3v) is 5.33. The standard InChI is InChI=1S/C15H12Br2Cl2O2/c1-20-12-6-8(9(16)7-13(12)21-2)15(17)14-10(18)4-3-5-11(14)19/h3-7,15H,1-2H3. The van der Waals surface area contributed by atoms with Gasteiger partial charge in [-0.3, -0.25) is 0 Å². The predicted octanol–water partition coefficient (Wildman–Crippen LogP) is 6.26. The Morgan fingerprint density at radius 2 is 1.52 bits per heavy atom. The van der Waals surface area contributed by atoms with Gasteiger partial charge in [0.05, 0.1) is 19.0 Å². The zero-order chi connectivity index (χ0) is 15.6. The second-order valence-corrected chi connectivity index (χ2v) is 6.81. The summed E-state index contributed by atoms with van der Waals surface area (Å²) in [7, 11) is 3.20. The molecule has 1 unspecified atom stereocenters. The van der Waals surface area contributed by atoms with Crippen LogP contribution in [0.4, 0.5) is 0 Å². The van der Waals surface area contributed by atoms with Crippen LogP contribution in [0.15, 0.2) is 34.8 Å². The minimum atomic E-state index is -0.173. The lowest BCUT2D eigenvalue weighted by Gasteiger charge is -2.18. The number of hydrogen-bond donors (Lipinski definition) is 0. The van der Waals surface area contributed by atoms with Gasteiger partial charge in [0.15, 0.2) is 11.5 Å². The van der Waals surface area contributed by atoms with Crippen molar-refractivity contribution in [2.75, 3.05) is 14.2 Å². The van der Waals surface area contributed by atoms with E-state index in [1.807, 2.05) is 30.3 Å². The molecule has 0 aliphatic carbocycles.